The van der Waals surface area contributed by atoms with Crippen LogP contribution in [0.4, 0.5) is 0 Å². The summed E-state index contributed by atoms with van der Waals surface area (Å²) in [6.45, 7) is 6.54. The van der Waals surface area contributed by atoms with Crippen molar-refractivity contribution in [3.63, 3.8) is 0 Å². The predicted octanol–water partition coefficient (Wildman–Crippen LogP) is 22.3. The van der Waals surface area contributed by atoms with Crippen LogP contribution in [0, 0.1) is 0 Å². The average Bonchev–Trinajstić information content (AvgIpc) is 3.42. The Labute approximate surface area is 471 Å². The largest absolute Gasteiger partial charge is 0.462 e. The summed E-state index contributed by atoms with van der Waals surface area (Å²) in [7, 11) is 0. The van der Waals surface area contributed by atoms with Gasteiger partial charge in [-0.2, -0.15) is 0 Å². The maximum absolute atomic E-state index is 12.9. The molecule has 0 rings (SSSR count). The first-order chi connectivity index (χ1) is 37.5. The zero-order valence-electron chi connectivity index (χ0n) is 50.3. The molecule has 0 aliphatic carbocycles. The van der Waals surface area contributed by atoms with Crippen LogP contribution in [-0.4, -0.2) is 37.2 Å². The molecule has 0 N–H and O–H groups in total. The van der Waals surface area contributed by atoms with E-state index >= 15 is 0 Å². The van der Waals surface area contributed by atoms with E-state index < -0.39 is 6.10 Å². The molecule has 76 heavy (non-hydrogen) atoms. The first-order valence-electron chi connectivity index (χ1n) is 32.6. The van der Waals surface area contributed by atoms with E-state index in [0.29, 0.717) is 19.3 Å². The molecule has 6 heteroatoms. The third-order valence-electron chi connectivity index (χ3n) is 14.1. The van der Waals surface area contributed by atoms with Crippen LogP contribution in [0.2, 0.25) is 0 Å². The highest BCUT2D eigenvalue weighted by Crippen LogP contribution is 2.17. The minimum Gasteiger partial charge on any atom is -0.462 e. The van der Waals surface area contributed by atoms with Crippen molar-refractivity contribution in [3.05, 3.63) is 85.1 Å². The van der Waals surface area contributed by atoms with Gasteiger partial charge < -0.3 is 14.2 Å². The molecule has 0 heterocycles. The highest BCUT2D eigenvalue weighted by Gasteiger charge is 2.19. The van der Waals surface area contributed by atoms with Crippen molar-refractivity contribution in [2.45, 2.75) is 329 Å². The molecule has 6 nitrogen and oxygen atoms in total. The summed E-state index contributed by atoms with van der Waals surface area (Å²) in [5.41, 5.74) is 0. The second-order valence-electron chi connectivity index (χ2n) is 21.6. The molecule has 0 fully saturated rings. The van der Waals surface area contributed by atoms with Crippen LogP contribution in [-0.2, 0) is 28.6 Å². The number of hydrogen-bond acceptors (Lipinski definition) is 6. The number of carbonyl (C=O) groups excluding carboxylic acids is 3. The molecule has 438 valence electrons. The summed E-state index contributed by atoms with van der Waals surface area (Å²) in [4.78, 5) is 38.3. The minimum atomic E-state index is -0.780. The molecule has 0 bridgehead atoms. The molecule has 1 unspecified atom stereocenters. The van der Waals surface area contributed by atoms with Crippen molar-refractivity contribution in [2.75, 3.05) is 13.2 Å². The smallest absolute Gasteiger partial charge is 0.306 e. The second kappa shape index (κ2) is 64.1. The average molecular weight is 1060 g/mol. The molecular weight excluding hydrogens is 937 g/mol. The number of rotatable bonds is 59. The van der Waals surface area contributed by atoms with Crippen LogP contribution in [0.1, 0.15) is 323 Å². The first kappa shape index (κ1) is 72.6. The van der Waals surface area contributed by atoms with Gasteiger partial charge in [0.15, 0.2) is 6.10 Å². The fourth-order valence-corrected chi connectivity index (χ4v) is 9.27. The second-order valence-corrected chi connectivity index (χ2v) is 21.6. The molecule has 1 atom stereocenters. The number of carbonyl (C=O) groups is 3. The number of hydrogen-bond donors (Lipinski definition) is 0. The van der Waals surface area contributed by atoms with Gasteiger partial charge in [0, 0.05) is 19.3 Å². The zero-order valence-corrected chi connectivity index (χ0v) is 50.3. The lowest BCUT2D eigenvalue weighted by Gasteiger charge is -2.18. The van der Waals surface area contributed by atoms with Crippen molar-refractivity contribution in [3.8, 4) is 0 Å². The van der Waals surface area contributed by atoms with E-state index in [9.17, 15) is 14.4 Å². The molecule has 0 aromatic heterocycles. The van der Waals surface area contributed by atoms with Crippen molar-refractivity contribution < 1.29 is 28.6 Å². The van der Waals surface area contributed by atoms with Gasteiger partial charge in [0.25, 0.3) is 0 Å². The molecule has 0 radical (unpaired) electrons. The Balaban J connectivity index is 4.27. The number of allylic oxidation sites excluding steroid dienone is 14. The van der Waals surface area contributed by atoms with E-state index in [1.165, 1.54) is 180 Å². The Kier molecular flexibility index (Phi) is 61.2. The zero-order chi connectivity index (χ0) is 55.0. The van der Waals surface area contributed by atoms with Crippen LogP contribution < -0.4 is 0 Å². The van der Waals surface area contributed by atoms with Crippen LogP contribution >= 0.6 is 0 Å². The maximum Gasteiger partial charge on any atom is 0.306 e. The van der Waals surface area contributed by atoms with E-state index in [-0.39, 0.29) is 31.1 Å². The van der Waals surface area contributed by atoms with E-state index in [1.54, 1.807) is 0 Å². The Morgan fingerprint density at radius 3 is 0.816 bits per heavy atom. The highest BCUT2D eigenvalue weighted by atomic mass is 16.6. The van der Waals surface area contributed by atoms with Gasteiger partial charge in [0.1, 0.15) is 13.2 Å². The monoisotopic (exact) mass is 1060 g/mol. The maximum atomic E-state index is 12.9. The molecule has 0 saturated carbocycles. The van der Waals surface area contributed by atoms with Crippen molar-refractivity contribution in [2.24, 2.45) is 0 Å². The predicted molar refractivity (Wildman–Crippen MR) is 330 cm³/mol. The fraction of sp³-hybridized carbons (Fsp3) is 0.757. The Bertz CT molecular complexity index is 1450. The lowest BCUT2D eigenvalue weighted by Crippen LogP contribution is -2.30. The lowest BCUT2D eigenvalue weighted by molar-refractivity contribution is -0.167. The third-order valence-corrected chi connectivity index (χ3v) is 14.1. The Morgan fingerprint density at radius 1 is 0.276 bits per heavy atom. The number of unbranched alkanes of at least 4 members (excludes halogenated alkanes) is 34. The molecule has 0 aliphatic heterocycles. The van der Waals surface area contributed by atoms with Crippen molar-refractivity contribution in [1.29, 1.82) is 0 Å². The van der Waals surface area contributed by atoms with Crippen LogP contribution in [0.3, 0.4) is 0 Å². The molecule has 0 aliphatic rings. The summed E-state index contributed by atoms with van der Waals surface area (Å²) in [6, 6.07) is 0. The Hall–Kier alpha value is -3.41. The lowest BCUT2D eigenvalue weighted by atomic mass is 10.0. The summed E-state index contributed by atoms with van der Waals surface area (Å²) in [5, 5.41) is 0. The fourth-order valence-electron chi connectivity index (χ4n) is 9.27. The van der Waals surface area contributed by atoms with Gasteiger partial charge in [0.05, 0.1) is 0 Å². The van der Waals surface area contributed by atoms with E-state index in [1.807, 2.05) is 0 Å². The summed E-state index contributed by atoms with van der Waals surface area (Å²) in [6.07, 6.45) is 84.4. The van der Waals surface area contributed by atoms with Crippen molar-refractivity contribution >= 4 is 17.9 Å². The first-order valence-corrected chi connectivity index (χ1v) is 32.6. The van der Waals surface area contributed by atoms with Gasteiger partial charge in [-0.1, -0.05) is 292 Å². The number of ether oxygens (including phenoxy) is 3. The van der Waals surface area contributed by atoms with Gasteiger partial charge in [-0.25, -0.2) is 0 Å². The topological polar surface area (TPSA) is 78.9 Å². The van der Waals surface area contributed by atoms with Gasteiger partial charge in [-0.15, -0.1) is 0 Å². The van der Waals surface area contributed by atoms with Gasteiger partial charge >= 0.3 is 17.9 Å². The van der Waals surface area contributed by atoms with Gasteiger partial charge in [-0.05, 0) is 96.3 Å². The van der Waals surface area contributed by atoms with E-state index in [4.69, 9.17) is 14.2 Å². The molecule has 0 amide bonds. The van der Waals surface area contributed by atoms with Gasteiger partial charge in [0.2, 0.25) is 0 Å². The SMILES string of the molecule is CC/C=C\C/C=C\C/C=C\C/C=C\C/C=C\C/C=C\CCCCCCCCCCCCC(=O)OCC(COC(=O)CCCCCCC/C=C\CCCCCCC)OC(=O)CCCCCCCCCCCCCCCCC. The molecule has 0 aromatic rings. The van der Waals surface area contributed by atoms with Crippen molar-refractivity contribution in [1.82, 2.24) is 0 Å². The Morgan fingerprint density at radius 2 is 0.513 bits per heavy atom. The molecule has 0 spiro atoms. The standard InChI is InChI=1S/C70H122O6/c1-4-7-10-13-16-19-22-25-28-29-30-31-32-33-34-35-36-37-38-39-40-41-43-45-48-51-54-57-60-63-69(72)75-66-67(65-74-68(71)62-59-56-53-50-47-44-27-24-21-18-15-12-9-6-3)76-70(73)64-61-58-55-52-49-46-42-26-23-20-17-14-11-8-5-2/h7,10,16,19,24-25,27-28,30-31,33-34,36-37,67H,4-6,8-9,11-15,17-18,20-23,26,29,32,35,38-66H2,1-3H3/b10-7-,19-16-,27-24-,28-25-,31-30-,34-33-,37-36-. The van der Waals surface area contributed by atoms with Gasteiger partial charge in [-0.3, -0.25) is 14.4 Å². The molecular formula is C70H122O6. The minimum absolute atomic E-state index is 0.0780. The number of esters is 3. The summed E-state index contributed by atoms with van der Waals surface area (Å²) < 4.78 is 16.9. The molecule has 0 aromatic carbocycles. The summed E-state index contributed by atoms with van der Waals surface area (Å²) >= 11 is 0. The highest BCUT2D eigenvalue weighted by molar-refractivity contribution is 5.71. The van der Waals surface area contributed by atoms with E-state index in [0.717, 1.165) is 103 Å². The van der Waals surface area contributed by atoms with Crippen LogP contribution in [0.15, 0.2) is 85.1 Å². The quantitative estimate of drug-likeness (QED) is 0.0261. The van der Waals surface area contributed by atoms with E-state index in [2.05, 4.69) is 106 Å². The normalized spacial score (nSPS) is 12.6. The third kappa shape index (κ3) is 61.4. The summed E-state index contributed by atoms with van der Waals surface area (Å²) in [5.74, 6) is -0.875. The van der Waals surface area contributed by atoms with Crippen LogP contribution in [0.5, 0.6) is 0 Å². The molecule has 0 saturated heterocycles. The van der Waals surface area contributed by atoms with Crippen LogP contribution in [0.25, 0.3) is 0 Å².